The Bertz CT molecular complexity index is 1320. The number of methoxy groups -OCH3 is 1. The lowest BCUT2D eigenvalue weighted by atomic mass is 9.91. The van der Waals surface area contributed by atoms with E-state index in [-0.39, 0.29) is 11.8 Å². The second-order valence-electron chi connectivity index (χ2n) is 7.75. The summed E-state index contributed by atoms with van der Waals surface area (Å²) in [4.78, 5) is 28.1. The van der Waals surface area contributed by atoms with Crippen LogP contribution in [0, 0.1) is 6.92 Å². The molecular weight excluding hydrogens is 402 g/mol. The maximum absolute atomic E-state index is 13.6. The van der Waals surface area contributed by atoms with Crippen LogP contribution in [0.15, 0.2) is 78.4 Å². The van der Waals surface area contributed by atoms with Gasteiger partial charge in [-0.15, -0.1) is 0 Å². The van der Waals surface area contributed by atoms with E-state index in [9.17, 15) is 9.59 Å². The number of fused-ring (bicyclic) bond motifs is 2. The molecule has 0 saturated heterocycles. The molecule has 0 N–H and O–H groups in total. The quantitative estimate of drug-likeness (QED) is 0.437. The van der Waals surface area contributed by atoms with Gasteiger partial charge in [-0.05, 0) is 60.0 Å². The first-order valence-electron chi connectivity index (χ1n) is 10.3. The Kier molecular flexibility index (Phi) is 4.86. The molecule has 0 aliphatic carbocycles. The van der Waals surface area contributed by atoms with Crippen molar-refractivity contribution in [3.63, 3.8) is 0 Å². The SMILES string of the molecule is COc1ccc2c(c1)OCC(/C=C1\C(=O)N(c3ccccc3C)C(=O)c3ccccc31)=C2. The molecule has 5 rings (SSSR count). The fraction of sp³-hybridized carbons (Fsp3) is 0.111. The van der Waals surface area contributed by atoms with Crippen molar-refractivity contribution in [1.29, 1.82) is 0 Å². The van der Waals surface area contributed by atoms with Crippen molar-refractivity contribution < 1.29 is 19.1 Å². The van der Waals surface area contributed by atoms with Crippen molar-refractivity contribution in [3.8, 4) is 11.5 Å². The first-order chi connectivity index (χ1) is 15.6. The molecule has 0 saturated carbocycles. The molecule has 2 aliphatic heterocycles. The summed E-state index contributed by atoms with van der Waals surface area (Å²) in [6.07, 6.45) is 3.82. The van der Waals surface area contributed by atoms with E-state index >= 15 is 0 Å². The molecule has 3 aromatic rings. The van der Waals surface area contributed by atoms with E-state index < -0.39 is 0 Å². The average molecular weight is 423 g/mol. The van der Waals surface area contributed by atoms with Gasteiger partial charge in [-0.2, -0.15) is 0 Å². The molecule has 0 bridgehead atoms. The highest BCUT2D eigenvalue weighted by molar-refractivity contribution is 6.41. The van der Waals surface area contributed by atoms with Crippen molar-refractivity contribution in [2.45, 2.75) is 6.92 Å². The summed E-state index contributed by atoms with van der Waals surface area (Å²) in [5, 5.41) is 0. The number of amides is 2. The van der Waals surface area contributed by atoms with E-state index in [1.807, 2.05) is 73.7 Å². The molecule has 0 aromatic heterocycles. The van der Waals surface area contributed by atoms with E-state index in [0.717, 1.165) is 28.2 Å². The molecule has 32 heavy (non-hydrogen) atoms. The average Bonchev–Trinajstić information content (AvgIpc) is 2.82. The number of para-hydroxylation sites is 1. The van der Waals surface area contributed by atoms with E-state index in [1.165, 1.54) is 4.90 Å². The van der Waals surface area contributed by atoms with E-state index in [0.29, 0.717) is 29.0 Å². The van der Waals surface area contributed by atoms with Crippen LogP contribution in [0.4, 0.5) is 5.69 Å². The number of anilines is 1. The van der Waals surface area contributed by atoms with Gasteiger partial charge < -0.3 is 9.47 Å². The molecule has 2 aliphatic rings. The molecule has 158 valence electrons. The lowest BCUT2D eigenvalue weighted by molar-refractivity contribution is -0.112. The number of carbonyl (C=O) groups excluding carboxylic acids is 2. The Morgan fingerprint density at radius 3 is 2.47 bits per heavy atom. The molecule has 0 radical (unpaired) electrons. The smallest absolute Gasteiger partial charge is 0.265 e. The van der Waals surface area contributed by atoms with E-state index in [2.05, 4.69) is 0 Å². The number of benzene rings is 3. The lowest BCUT2D eigenvalue weighted by Crippen LogP contribution is -2.42. The van der Waals surface area contributed by atoms with Crippen molar-refractivity contribution in [2.24, 2.45) is 0 Å². The van der Waals surface area contributed by atoms with Crippen molar-refractivity contribution in [1.82, 2.24) is 0 Å². The summed E-state index contributed by atoms with van der Waals surface area (Å²) < 4.78 is 11.2. The summed E-state index contributed by atoms with van der Waals surface area (Å²) in [5.41, 5.74) is 4.81. The summed E-state index contributed by atoms with van der Waals surface area (Å²) in [6.45, 7) is 2.21. The normalized spacial score (nSPS) is 16.2. The van der Waals surface area contributed by atoms with Crippen molar-refractivity contribution in [3.05, 3.63) is 101 Å². The zero-order valence-corrected chi connectivity index (χ0v) is 17.8. The summed E-state index contributed by atoms with van der Waals surface area (Å²) in [5.74, 6) is 0.800. The van der Waals surface area contributed by atoms with Crippen LogP contribution < -0.4 is 14.4 Å². The van der Waals surface area contributed by atoms with E-state index in [4.69, 9.17) is 9.47 Å². The van der Waals surface area contributed by atoms with Crippen LogP contribution in [0.5, 0.6) is 11.5 Å². The molecule has 0 fully saturated rings. The maximum atomic E-state index is 13.6. The fourth-order valence-corrected chi connectivity index (χ4v) is 4.08. The minimum Gasteiger partial charge on any atom is -0.497 e. The van der Waals surface area contributed by atoms with Crippen molar-refractivity contribution >= 4 is 29.2 Å². The Morgan fingerprint density at radius 2 is 1.69 bits per heavy atom. The Morgan fingerprint density at radius 1 is 0.938 bits per heavy atom. The molecule has 5 nitrogen and oxygen atoms in total. The second kappa shape index (κ2) is 7.85. The van der Waals surface area contributed by atoms with Gasteiger partial charge in [0.05, 0.1) is 12.8 Å². The minimum atomic E-state index is -0.343. The zero-order valence-electron chi connectivity index (χ0n) is 17.8. The van der Waals surface area contributed by atoms with Crippen LogP contribution in [-0.2, 0) is 4.79 Å². The van der Waals surface area contributed by atoms with Crippen LogP contribution in [-0.4, -0.2) is 25.5 Å². The molecule has 0 unspecified atom stereocenters. The molecule has 2 heterocycles. The van der Waals surface area contributed by atoms with Crippen LogP contribution in [0.3, 0.4) is 0 Å². The minimum absolute atomic E-state index is 0.316. The number of imide groups is 1. The summed E-state index contributed by atoms with van der Waals surface area (Å²) in [6, 6.07) is 20.3. The predicted octanol–water partition coefficient (Wildman–Crippen LogP) is 5.05. The largest absolute Gasteiger partial charge is 0.497 e. The van der Waals surface area contributed by atoms with Crippen LogP contribution >= 0.6 is 0 Å². The van der Waals surface area contributed by atoms with Gasteiger partial charge in [0.25, 0.3) is 11.8 Å². The van der Waals surface area contributed by atoms with E-state index in [1.54, 1.807) is 19.2 Å². The highest BCUT2D eigenvalue weighted by Crippen LogP contribution is 2.36. The number of aryl methyl sites for hydroxylation is 1. The first-order valence-corrected chi connectivity index (χ1v) is 10.3. The Balaban J connectivity index is 1.62. The third-order valence-electron chi connectivity index (χ3n) is 5.73. The van der Waals surface area contributed by atoms with Gasteiger partial charge in [0.2, 0.25) is 0 Å². The van der Waals surface area contributed by atoms with Crippen LogP contribution in [0.2, 0.25) is 0 Å². The first kappa shape index (κ1) is 19.8. The third-order valence-corrected chi connectivity index (χ3v) is 5.73. The number of hydrogen-bond donors (Lipinski definition) is 0. The number of ether oxygens (including phenoxy) is 2. The number of carbonyl (C=O) groups is 2. The maximum Gasteiger partial charge on any atom is 0.265 e. The standard InChI is InChI=1S/C27H21NO4/c1-17-7-3-6-10-24(17)28-26(29)22-9-5-4-8-21(22)23(27(28)30)14-18-13-19-11-12-20(31-2)15-25(19)32-16-18/h3-15H,16H2,1-2H3/b23-14-. The topological polar surface area (TPSA) is 55.8 Å². The molecular formula is C27H21NO4. The second-order valence-corrected chi connectivity index (χ2v) is 7.75. The Hall–Kier alpha value is -4.12. The van der Waals surface area contributed by atoms with Gasteiger partial charge >= 0.3 is 0 Å². The van der Waals surface area contributed by atoms with Crippen molar-refractivity contribution in [2.75, 3.05) is 18.6 Å². The molecule has 3 aromatic carbocycles. The third kappa shape index (κ3) is 3.28. The highest BCUT2D eigenvalue weighted by atomic mass is 16.5. The van der Waals surface area contributed by atoms with Gasteiger partial charge in [-0.1, -0.05) is 36.4 Å². The van der Waals surface area contributed by atoms with Gasteiger partial charge in [0.15, 0.2) is 0 Å². The van der Waals surface area contributed by atoms with Crippen LogP contribution in [0.1, 0.15) is 27.0 Å². The molecule has 5 heteroatoms. The van der Waals surface area contributed by atoms with Crippen LogP contribution in [0.25, 0.3) is 11.6 Å². The molecule has 2 amide bonds. The predicted molar refractivity (Wildman–Crippen MR) is 124 cm³/mol. The molecule has 0 atom stereocenters. The summed E-state index contributed by atoms with van der Waals surface area (Å²) >= 11 is 0. The number of hydrogen-bond acceptors (Lipinski definition) is 4. The van der Waals surface area contributed by atoms with Gasteiger partial charge in [0.1, 0.15) is 18.1 Å². The summed E-state index contributed by atoms with van der Waals surface area (Å²) in [7, 11) is 1.61. The van der Waals surface area contributed by atoms with Gasteiger partial charge in [-0.25, -0.2) is 4.90 Å². The molecule has 0 spiro atoms. The lowest BCUT2D eigenvalue weighted by Gasteiger charge is -2.30. The number of nitrogens with zero attached hydrogens (tertiary/aromatic N) is 1. The monoisotopic (exact) mass is 423 g/mol. The van der Waals surface area contributed by atoms with Gasteiger partial charge in [-0.3, -0.25) is 9.59 Å². The fourth-order valence-electron chi connectivity index (χ4n) is 4.08. The zero-order chi connectivity index (χ0) is 22.2. The highest BCUT2D eigenvalue weighted by Gasteiger charge is 2.36. The van der Waals surface area contributed by atoms with Gasteiger partial charge in [0, 0.05) is 22.8 Å². The number of rotatable bonds is 3. The Labute approximate surface area is 186 Å².